The Balaban J connectivity index is 2.33. The molecule has 0 aliphatic heterocycles. The second kappa shape index (κ2) is 6.79. The number of nitrogens with one attached hydrogen (secondary N) is 1. The van der Waals surface area contributed by atoms with Crippen LogP contribution in [-0.2, 0) is 4.79 Å². The number of aliphatic carboxylic acids is 1. The second-order valence-corrected chi connectivity index (χ2v) is 6.78. The minimum Gasteiger partial charge on any atom is -0.549 e. The Morgan fingerprint density at radius 3 is 2.64 bits per heavy atom. The van der Waals surface area contributed by atoms with Gasteiger partial charge in [0.05, 0.1) is 17.1 Å². The van der Waals surface area contributed by atoms with Crippen LogP contribution in [0.4, 0.5) is 0 Å². The van der Waals surface area contributed by atoms with Crippen molar-refractivity contribution < 1.29 is 14.7 Å². The van der Waals surface area contributed by atoms with Crippen molar-refractivity contribution in [1.82, 2.24) is 5.32 Å². The molecule has 1 aromatic rings. The largest absolute Gasteiger partial charge is 0.549 e. The van der Waals surface area contributed by atoms with Gasteiger partial charge in [0.25, 0.3) is 5.91 Å². The molecule has 2 rings (SSSR count). The van der Waals surface area contributed by atoms with Crippen molar-refractivity contribution in [1.29, 1.82) is 0 Å². The van der Waals surface area contributed by atoms with Crippen LogP contribution in [0.5, 0.6) is 0 Å². The number of halogens is 2. The quantitative estimate of drug-likeness (QED) is 0.802. The van der Waals surface area contributed by atoms with E-state index in [2.05, 4.69) is 37.2 Å². The number of carboxylic acids is 1. The normalized spacial score (nSPS) is 23.3. The lowest BCUT2D eigenvalue weighted by Gasteiger charge is -2.39. The van der Waals surface area contributed by atoms with E-state index in [1.54, 1.807) is 36.4 Å². The maximum Gasteiger partial charge on any atom is 0.253 e. The van der Waals surface area contributed by atoms with Crippen LogP contribution in [0.25, 0.3) is 0 Å². The van der Waals surface area contributed by atoms with Crippen molar-refractivity contribution in [3.05, 3.63) is 57.0 Å². The van der Waals surface area contributed by atoms with Gasteiger partial charge in [-0.05, 0) is 40.5 Å². The van der Waals surface area contributed by atoms with E-state index in [0.29, 0.717) is 16.5 Å². The number of hydrogen-bond donors (Lipinski definition) is 1. The third kappa shape index (κ3) is 3.33. The zero-order valence-electron chi connectivity index (χ0n) is 11.8. The zero-order valence-corrected chi connectivity index (χ0v) is 15.0. The highest BCUT2D eigenvalue weighted by Gasteiger charge is 2.37. The fourth-order valence-electron chi connectivity index (χ4n) is 2.46. The first-order valence-corrected chi connectivity index (χ1v) is 8.32. The van der Waals surface area contributed by atoms with Gasteiger partial charge in [-0.2, -0.15) is 0 Å². The highest BCUT2D eigenvalue weighted by Crippen LogP contribution is 2.29. The fraction of sp³-hybridized carbons (Fsp3) is 0.250. The Labute approximate surface area is 145 Å². The summed E-state index contributed by atoms with van der Waals surface area (Å²) < 4.78 is 1.47. The first-order valence-electron chi connectivity index (χ1n) is 6.74. The van der Waals surface area contributed by atoms with Crippen LogP contribution in [0.3, 0.4) is 0 Å². The van der Waals surface area contributed by atoms with Crippen LogP contribution in [0, 0.1) is 5.92 Å². The summed E-state index contributed by atoms with van der Waals surface area (Å²) in [5.74, 6) is -2.45. The first-order chi connectivity index (χ1) is 10.4. The molecule has 0 heterocycles. The van der Waals surface area contributed by atoms with Gasteiger partial charge in [-0.1, -0.05) is 47.2 Å². The van der Waals surface area contributed by atoms with E-state index in [4.69, 9.17) is 0 Å². The van der Waals surface area contributed by atoms with Crippen LogP contribution < -0.4 is 10.4 Å². The average molecular weight is 428 g/mol. The summed E-state index contributed by atoms with van der Waals surface area (Å²) in [5.41, 5.74) is -0.548. The van der Waals surface area contributed by atoms with Gasteiger partial charge in [0, 0.05) is 14.9 Å². The maximum absolute atomic E-state index is 12.5. The number of benzene rings is 1. The molecule has 6 heteroatoms. The third-order valence-corrected chi connectivity index (χ3v) is 4.87. The number of hydrogen-bond acceptors (Lipinski definition) is 3. The predicted octanol–water partition coefficient (Wildman–Crippen LogP) is 2.58. The summed E-state index contributed by atoms with van der Waals surface area (Å²) >= 11 is 6.67. The van der Waals surface area contributed by atoms with Crippen molar-refractivity contribution in [3.63, 3.8) is 0 Å². The first kappa shape index (κ1) is 17.0. The van der Waals surface area contributed by atoms with Gasteiger partial charge in [0.15, 0.2) is 0 Å². The molecule has 1 aromatic carbocycles. The van der Waals surface area contributed by atoms with Crippen molar-refractivity contribution >= 4 is 43.7 Å². The molecule has 0 saturated heterocycles. The molecular weight excluding hydrogens is 414 g/mol. The van der Waals surface area contributed by atoms with Gasteiger partial charge in [-0.25, -0.2) is 0 Å². The summed E-state index contributed by atoms with van der Waals surface area (Å²) in [7, 11) is 0. The Kier molecular flexibility index (Phi) is 5.24. The molecule has 0 bridgehead atoms. The van der Waals surface area contributed by atoms with Crippen molar-refractivity contribution in [3.8, 4) is 0 Å². The Bertz CT molecular complexity index is 669. The molecule has 2 unspecified atom stereocenters. The van der Waals surface area contributed by atoms with E-state index in [-0.39, 0.29) is 5.91 Å². The highest BCUT2D eigenvalue weighted by atomic mass is 79.9. The number of carbonyl (C=O) groups excluding carboxylic acids is 2. The minimum atomic E-state index is -1.21. The SMILES string of the molecule is CCC1(NC(=O)c2ccc(Br)cc2Br)C=CC=CC1C(=O)[O-]. The lowest BCUT2D eigenvalue weighted by molar-refractivity contribution is -0.311. The molecule has 4 nitrogen and oxygen atoms in total. The van der Waals surface area contributed by atoms with E-state index >= 15 is 0 Å². The summed E-state index contributed by atoms with van der Waals surface area (Å²) in [6.45, 7) is 1.83. The van der Waals surface area contributed by atoms with Gasteiger partial charge >= 0.3 is 0 Å². The molecule has 2 atom stereocenters. The number of carbonyl (C=O) groups is 2. The van der Waals surface area contributed by atoms with Crippen molar-refractivity contribution in [2.24, 2.45) is 5.92 Å². The molecule has 22 heavy (non-hydrogen) atoms. The molecule has 0 spiro atoms. The van der Waals surface area contributed by atoms with Gasteiger partial charge < -0.3 is 15.2 Å². The average Bonchev–Trinajstić information content (AvgIpc) is 2.47. The zero-order chi connectivity index (χ0) is 16.3. The van der Waals surface area contributed by atoms with E-state index < -0.39 is 17.4 Å². The van der Waals surface area contributed by atoms with E-state index in [9.17, 15) is 14.7 Å². The Morgan fingerprint density at radius 2 is 2.05 bits per heavy atom. The van der Waals surface area contributed by atoms with Crippen LogP contribution in [0.2, 0.25) is 0 Å². The van der Waals surface area contributed by atoms with Gasteiger partial charge in [0.2, 0.25) is 0 Å². The summed E-state index contributed by atoms with van der Waals surface area (Å²) in [4.78, 5) is 23.9. The molecule has 116 valence electrons. The molecule has 0 radical (unpaired) electrons. The minimum absolute atomic E-state index is 0.340. The van der Waals surface area contributed by atoms with Crippen LogP contribution in [-0.4, -0.2) is 17.4 Å². The molecule has 1 aliphatic carbocycles. The maximum atomic E-state index is 12.5. The number of allylic oxidation sites excluding steroid dienone is 2. The monoisotopic (exact) mass is 426 g/mol. The number of carboxylic acid groups (broad SMARTS) is 1. The van der Waals surface area contributed by atoms with Gasteiger partial charge in [-0.15, -0.1) is 0 Å². The summed E-state index contributed by atoms with van der Waals surface area (Å²) in [5, 5.41) is 14.2. The van der Waals surface area contributed by atoms with Gasteiger partial charge in [0.1, 0.15) is 0 Å². The molecule has 1 aliphatic rings. The van der Waals surface area contributed by atoms with E-state index in [1.807, 2.05) is 6.92 Å². The smallest absolute Gasteiger partial charge is 0.253 e. The third-order valence-electron chi connectivity index (χ3n) is 3.72. The van der Waals surface area contributed by atoms with Crippen molar-refractivity contribution in [2.75, 3.05) is 0 Å². The number of rotatable bonds is 4. The standard InChI is InChI=1S/C16H15Br2NO3/c1-2-16(8-4-3-5-12(16)15(21)22)19-14(20)11-7-6-10(17)9-13(11)18/h3-9,12H,2H2,1H3,(H,19,20)(H,21,22)/p-1. The summed E-state index contributed by atoms with van der Waals surface area (Å²) in [6.07, 6.45) is 7.07. The van der Waals surface area contributed by atoms with E-state index in [0.717, 1.165) is 4.47 Å². The van der Waals surface area contributed by atoms with Crippen LogP contribution in [0.15, 0.2) is 51.4 Å². The molecule has 0 fully saturated rings. The molecular formula is C16H14Br2NO3-. The Morgan fingerprint density at radius 1 is 1.32 bits per heavy atom. The molecule has 0 aromatic heterocycles. The molecule has 1 N–H and O–H groups in total. The second-order valence-electron chi connectivity index (χ2n) is 5.01. The van der Waals surface area contributed by atoms with E-state index in [1.165, 1.54) is 6.08 Å². The highest BCUT2D eigenvalue weighted by molar-refractivity contribution is 9.11. The van der Waals surface area contributed by atoms with Crippen LogP contribution in [0.1, 0.15) is 23.7 Å². The molecule has 0 saturated carbocycles. The van der Waals surface area contributed by atoms with Gasteiger partial charge in [-0.3, -0.25) is 4.79 Å². The summed E-state index contributed by atoms with van der Waals surface area (Å²) in [6, 6.07) is 5.19. The number of amides is 1. The van der Waals surface area contributed by atoms with Crippen LogP contribution >= 0.6 is 31.9 Å². The molecule has 1 amide bonds. The predicted molar refractivity (Wildman–Crippen MR) is 89.1 cm³/mol. The Hall–Kier alpha value is -1.40. The fourth-order valence-corrected chi connectivity index (χ4v) is 3.69. The lowest BCUT2D eigenvalue weighted by Crippen LogP contribution is -2.57. The topological polar surface area (TPSA) is 69.2 Å². The van der Waals surface area contributed by atoms with Crippen molar-refractivity contribution in [2.45, 2.75) is 18.9 Å². The lowest BCUT2D eigenvalue weighted by atomic mass is 9.78.